The molecule has 0 spiro atoms. The molecule has 1 aliphatic rings. The van der Waals surface area contributed by atoms with Crippen molar-refractivity contribution in [2.45, 2.75) is 58.6 Å². The van der Waals surface area contributed by atoms with E-state index in [-0.39, 0.29) is 5.92 Å². The predicted octanol–water partition coefficient (Wildman–Crippen LogP) is 3.43. The van der Waals surface area contributed by atoms with Crippen LogP contribution in [0.1, 0.15) is 46.2 Å². The Kier molecular flexibility index (Phi) is 5.18. The van der Waals surface area contributed by atoms with Crippen LogP contribution in [0.3, 0.4) is 0 Å². The zero-order chi connectivity index (χ0) is 18.1. The molecule has 1 N–H and O–H groups in total. The molecule has 6 heteroatoms. The van der Waals surface area contributed by atoms with Gasteiger partial charge in [0.15, 0.2) is 6.10 Å². The van der Waals surface area contributed by atoms with E-state index >= 15 is 0 Å². The Morgan fingerprint density at radius 1 is 1.21 bits per heavy atom. The molecular formula is C18H25NO5. The Labute approximate surface area is 142 Å². The summed E-state index contributed by atoms with van der Waals surface area (Å²) in [6.07, 6.45) is -2.36. The minimum absolute atomic E-state index is 0.0759. The van der Waals surface area contributed by atoms with Gasteiger partial charge in [-0.15, -0.1) is 0 Å². The van der Waals surface area contributed by atoms with Gasteiger partial charge in [0.2, 0.25) is 0 Å². The summed E-state index contributed by atoms with van der Waals surface area (Å²) >= 11 is 0. The smallest absolute Gasteiger partial charge is 0.413 e. The fourth-order valence-electron chi connectivity index (χ4n) is 2.78. The second kappa shape index (κ2) is 6.81. The van der Waals surface area contributed by atoms with E-state index in [9.17, 15) is 14.7 Å². The van der Waals surface area contributed by atoms with E-state index in [1.165, 1.54) is 4.90 Å². The normalized spacial score (nSPS) is 24.2. The Balaban J connectivity index is 2.46. The predicted molar refractivity (Wildman–Crippen MR) is 88.4 cm³/mol. The molecular weight excluding hydrogens is 310 g/mol. The number of carbonyl (C=O) groups excluding carboxylic acids is 1. The van der Waals surface area contributed by atoms with Gasteiger partial charge < -0.3 is 14.6 Å². The van der Waals surface area contributed by atoms with Crippen molar-refractivity contribution in [2.75, 3.05) is 0 Å². The van der Waals surface area contributed by atoms with Crippen molar-refractivity contribution in [3.05, 3.63) is 35.9 Å². The lowest BCUT2D eigenvalue weighted by atomic mass is 10.0. The zero-order valence-electron chi connectivity index (χ0n) is 14.7. The highest BCUT2D eigenvalue weighted by atomic mass is 16.6. The van der Waals surface area contributed by atoms with Gasteiger partial charge in [0.25, 0.3) is 0 Å². The number of hydrogen-bond donors (Lipinski definition) is 1. The van der Waals surface area contributed by atoms with Crippen LogP contribution in [0.4, 0.5) is 4.79 Å². The Hall–Kier alpha value is -2.08. The SMILES string of the molecule is CC(C)[C@H]1O[C@@H](C(=O)O)[C@H](c2ccccc2)N1C(=O)OC(C)(C)C. The van der Waals surface area contributed by atoms with Crippen LogP contribution in [0.5, 0.6) is 0 Å². The summed E-state index contributed by atoms with van der Waals surface area (Å²) in [4.78, 5) is 25.9. The summed E-state index contributed by atoms with van der Waals surface area (Å²) in [7, 11) is 0. The molecule has 0 radical (unpaired) electrons. The minimum atomic E-state index is -1.13. The summed E-state index contributed by atoms with van der Waals surface area (Å²) < 4.78 is 11.2. The topological polar surface area (TPSA) is 76.1 Å². The van der Waals surface area contributed by atoms with Crippen LogP contribution >= 0.6 is 0 Å². The highest BCUT2D eigenvalue weighted by Gasteiger charge is 2.51. The highest BCUT2D eigenvalue weighted by Crippen LogP contribution is 2.39. The lowest BCUT2D eigenvalue weighted by Gasteiger charge is -2.32. The number of hydrogen-bond acceptors (Lipinski definition) is 4. The van der Waals surface area contributed by atoms with E-state index in [1.54, 1.807) is 32.9 Å². The number of amides is 1. The van der Waals surface area contributed by atoms with Gasteiger partial charge in [-0.3, -0.25) is 4.90 Å². The monoisotopic (exact) mass is 335 g/mol. The van der Waals surface area contributed by atoms with Gasteiger partial charge in [-0.2, -0.15) is 0 Å². The molecule has 1 aliphatic heterocycles. The number of nitrogens with zero attached hydrogens (tertiary/aromatic N) is 1. The summed E-state index contributed by atoms with van der Waals surface area (Å²) in [6.45, 7) is 9.10. The molecule has 24 heavy (non-hydrogen) atoms. The first-order chi connectivity index (χ1) is 11.1. The van der Waals surface area contributed by atoms with Crippen LogP contribution < -0.4 is 0 Å². The van der Waals surface area contributed by atoms with Crippen LogP contribution in [0.15, 0.2) is 30.3 Å². The first-order valence-corrected chi connectivity index (χ1v) is 8.06. The average Bonchev–Trinajstić information content (AvgIpc) is 2.87. The number of rotatable bonds is 3. The molecule has 132 valence electrons. The Morgan fingerprint density at radius 3 is 2.25 bits per heavy atom. The molecule has 2 rings (SSSR count). The second-order valence-electron chi connectivity index (χ2n) is 7.27. The van der Waals surface area contributed by atoms with Crippen molar-refractivity contribution >= 4 is 12.1 Å². The molecule has 0 aliphatic carbocycles. The molecule has 1 aromatic rings. The maximum atomic E-state index is 12.8. The summed E-state index contributed by atoms with van der Waals surface area (Å²) in [5.41, 5.74) is 0.0279. The second-order valence-corrected chi connectivity index (χ2v) is 7.27. The largest absolute Gasteiger partial charge is 0.479 e. The minimum Gasteiger partial charge on any atom is -0.479 e. The fourth-order valence-corrected chi connectivity index (χ4v) is 2.78. The van der Waals surface area contributed by atoms with E-state index in [0.717, 1.165) is 0 Å². The molecule has 1 heterocycles. The molecule has 1 fully saturated rings. The van der Waals surface area contributed by atoms with Crippen molar-refractivity contribution in [3.63, 3.8) is 0 Å². The Morgan fingerprint density at radius 2 is 1.79 bits per heavy atom. The van der Waals surface area contributed by atoms with Gasteiger partial charge >= 0.3 is 12.1 Å². The number of carboxylic acids is 1. The quantitative estimate of drug-likeness (QED) is 0.916. The van der Waals surface area contributed by atoms with Crippen molar-refractivity contribution < 1.29 is 24.2 Å². The molecule has 0 aromatic heterocycles. The van der Waals surface area contributed by atoms with E-state index in [2.05, 4.69) is 0 Å². The fraction of sp³-hybridized carbons (Fsp3) is 0.556. The first-order valence-electron chi connectivity index (χ1n) is 8.06. The van der Waals surface area contributed by atoms with Crippen LogP contribution in [-0.4, -0.2) is 40.0 Å². The zero-order valence-corrected chi connectivity index (χ0v) is 14.7. The van der Waals surface area contributed by atoms with E-state index in [1.807, 2.05) is 32.0 Å². The van der Waals surface area contributed by atoms with Crippen LogP contribution in [-0.2, 0) is 14.3 Å². The van der Waals surface area contributed by atoms with Crippen LogP contribution in [0.25, 0.3) is 0 Å². The maximum absolute atomic E-state index is 12.8. The molecule has 1 amide bonds. The van der Waals surface area contributed by atoms with Gasteiger partial charge in [0, 0.05) is 0 Å². The summed E-state index contributed by atoms with van der Waals surface area (Å²) in [6, 6.07) is 8.32. The molecule has 1 aromatic carbocycles. The maximum Gasteiger partial charge on any atom is 0.413 e. The van der Waals surface area contributed by atoms with Gasteiger partial charge in [-0.1, -0.05) is 44.2 Å². The first kappa shape index (κ1) is 18.3. The molecule has 0 unspecified atom stereocenters. The molecule has 6 nitrogen and oxygen atoms in total. The van der Waals surface area contributed by atoms with E-state index < -0.39 is 36.0 Å². The molecule has 0 saturated carbocycles. The van der Waals surface area contributed by atoms with E-state index in [4.69, 9.17) is 9.47 Å². The van der Waals surface area contributed by atoms with Crippen molar-refractivity contribution in [1.82, 2.24) is 4.90 Å². The van der Waals surface area contributed by atoms with Crippen LogP contribution in [0.2, 0.25) is 0 Å². The number of benzene rings is 1. The molecule has 3 atom stereocenters. The van der Waals surface area contributed by atoms with Crippen LogP contribution in [0, 0.1) is 5.92 Å². The third kappa shape index (κ3) is 3.87. The number of aliphatic carboxylic acids is 1. The van der Waals surface area contributed by atoms with Crippen molar-refractivity contribution in [2.24, 2.45) is 5.92 Å². The average molecular weight is 335 g/mol. The standard InChI is InChI=1S/C18H25NO5/c1-11(2)15-19(17(22)24-18(3,4)5)13(14(23-15)16(20)21)12-9-7-6-8-10-12/h6-11,13-15H,1-5H3,(H,20,21)/t13-,14+,15+/m0/s1. The third-order valence-electron chi connectivity index (χ3n) is 3.71. The molecule has 1 saturated heterocycles. The highest BCUT2D eigenvalue weighted by molar-refractivity contribution is 5.77. The number of ether oxygens (including phenoxy) is 2. The van der Waals surface area contributed by atoms with Crippen molar-refractivity contribution in [1.29, 1.82) is 0 Å². The van der Waals surface area contributed by atoms with Gasteiger partial charge in [0.1, 0.15) is 17.9 Å². The van der Waals surface area contributed by atoms with Crippen molar-refractivity contribution in [3.8, 4) is 0 Å². The summed E-state index contributed by atoms with van der Waals surface area (Å²) in [5.74, 6) is -1.17. The van der Waals surface area contributed by atoms with Gasteiger partial charge in [-0.05, 0) is 32.3 Å². The van der Waals surface area contributed by atoms with Gasteiger partial charge in [-0.25, -0.2) is 9.59 Å². The number of carbonyl (C=O) groups is 2. The lowest BCUT2D eigenvalue weighted by Crippen LogP contribution is -2.44. The number of carboxylic acid groups (broad SMARTS) is 1. The van der Waals surface area contributed by atoms with Gasteiger partial charge in [0.05, 0.1) is 0 Å². The Bertz CT molecular complexity index is 593. The third-order valence-corrected chi connectivity index (χ3v) is 3.71. The summed E-state index contributed by atoms with van der Waals surface area (Å²) in [5, 5.41) is 9.57. The van der Waals surface area contributed by atoms with E-state index in [0.29, 0.717) is 5.56 Å². The molecule has 0 bridgehead atoms. The lowest BCUT2D eigenvalue weighted by molar-refractivity contribution is -0.151.